The first-order valence-electron chi connectivity index (χ1n) is 8.35. The van der Waals surface area contributed by atoms with E-state index < -0.39 is 0 Å². The van der Waals surface area contributed by atoms with Gasteiger partial charge in [-0.3, -0.25) is 14.6 Å². The van der Waals surface area contributed by atoms with Gasteiger partial charge in [0, 0.05) is 17.8 Å². The normalized spacial score (nSPS) is 11.3. The van der Waals surface area contributed by atoms with Crippen molar-refractivity contribution in [3.05, 3.63) is 60.6 Å². The number of nitrogens with zero attached hydrogens (tertiary/aromatic N) is 4. The summed E-state index contributed by atoms with van der Waals surface area (Å²) >= 11 is 1.45. The minimum Gasteiger partial charge on any atom is -0.305 e. The van der Waals surface area contributed by atoms with Crippen LogP contribution in [0.2, 0.25) is 0 Å². The Hall–Kier alpha value is -3.52. The van der Waals surface area contributed by atoms with Crippen LogP contribution in [0.1, 0.15) is 5.56 Å². The number of benzene rings is 2. The summed E-state index contributed by atoms with van der Waals surface area (Å²) in [6, 6.07) is 12.2. The standard InChI is InChI=1S/C19H14N6OS/c26-11-20-19-23-16-5-2-12(8-17(16)27-19)18-13(10-25-7-1-6-22-25)3-4-15-14(18)9-21-24-15/h1-9,11H,10H2,(H,21,24)(H,20,23,26). The van der Waals surface area contributed by atoms with Crippen molar-refractivity contribution in [1.29, 1.82) is 0 Å². The number of carbonyl (C=O) groups excluding carboxylic acids is 1. The molecule has 0 aliphatic carbocycles. The molecule has 0 aliphatic heterocycles. The van der Waals surface area contributed by atoms with Crippen LogP contribution in [0.4, 0.5) is 5.13 Å². The monoisotopic (exact) mass is 374 g/mol. The highest BCUT2D eigenvalue weighted by molar-refractivity contribution is 7.22. The molecule has 2 N–H and O–H groups in total. The number of anilines is 1. The van der Waals surface area contributed by atoms with Crippen LogP contribution in [0.5, 0.6) is 0 Å². The molecule has 1 amide bonds. The molecule has 0 aliphatic rings. The highest BCUT2D eigenvalue weighted by Crippen LogP contribution is 2.35. The van der Waals surface area contributed by atoms with E-state index >= 15 is 0 Å². The molecule has 0 spiro atoms. The number of amides is 1. The molecule has 5 rings (SSSR count). The average molecular weight is 374 g/mol. The van der Waals surface area contributed by atoms with Crippen LogP contribution in [0.15, 0.2) is 55.0 Å². The van der Waals surface area contributed by atoms with Gasteiger partial charge in [0.15, 0.2) is 5.13 Å². The fourth-order valence-corrected chi connectivity index (χ4v) is 4.16. The number of thiazole rings is 1. The Balaban J connectivity index is 1.69. The van der Waals surface area contributed by atoms with Crippen LogP contribution in [0, 0.1) is 0 Å². The fraction of sp³-hybridized carbons (Fsp3) is 0.0526. The Morgan fingerprint density at radius 3 is 3.07 bits per heavy atom. The zero-order chi connectivity index (χ0) is 18.2. The second-order valence-electron chi connectivity index (χ2n) is 6.10. The number of rotatable bonds is 5. The minimum absolute atomic E-state index is 0.593. The van der Waals surface area contributed by atoms with Crippen LogP contribution in [-0.2, 0) is 11.3 Å². The number of hydrogen-bond donors (Lipinski definition) is 2. The summed E-state index contributed by atoms with van der Waals surface area (Å²) in [6.45, 7) is 0.669. The maximum absolute atomic E-state index is 10.7. The van der Waals surface area contributed by atoms with Gasteiger partial charge in [-0.15, -0.1) is 0 Å². The van der Waals surface area contributed by atoms with Gasteiger partial charge >= 0.3 is 0 Å². The zero-order valence-corrected chi connectivity index (χ0v) is 14.9. The third-order valence-corrected chi connectivity index (χ3v) is 5.41. The lowest BCUT2D eigenvalue weighted by Gasteiger charge is -2.12. The van der Waals surface area contributed by atoms with Gasteiger partial charge in [-0.1, -0.05) is 23.5 Å². The average Bonchev–Trinajstić information content (AvgIpc) is 3.41. The first-order chi connectivity index (χ1) is 13.3. The van der Waals surface area contributed by atoms with Crippen molar-refractivity contribution in [1.82, 2.24) is 25.0 Å². The zero-order valence-electron chi connectivity index (χ0n) is 14.1. The SMILES string of the molecule is O=CNc1nc2ccc(-c3c(Cn4cccn4)ccc4[nH]ncc34)cc2s1. The summed E-state index contributed by atoms with van der Waals surface area (Å²) in [5.74, 6) is 0. The lowest BCUT2D eigenvalue weighted by atomic mass is 9.96. The summed E-state index contributed by atoms with van der Waals surface area (Å²) in [5, 5.41) is 15.9. The molecular formula is C19H14N6OS. The predicted molar refractivity (Wildman–Crippen MR) is 106 cm³/mol. The quantitative estimate of drug-likeness (QED) is 0.460. The number of carbonyl (C=O) groups is 1. The molecule has 0 fully saturated rings. The van der Waals surface area contributed by atoms with E-state index in [1.165, 1.54) is 11.3 Å². The second kappa shape index (κ2) is 6.33. The lowest BCUT2D eigenvalue weighted by molar-refractivity contribution is -0.105. The van der Waals surface area contributed by atoms with Gasteiger partial charge in [0.05, 0.1) is 28.5 Å². The molecule has 27 heavy (non-hydrogen) atoms. The Kier molecular flexibility index (Phi) is 3.68. The summed E-state index contributed by atoms with van der Waals surface area (Å²) in [4.78, 5) is 15.1. The number of fused-ring (bicyclic) bond motifs is 2. The maximum Gasteiger partial charge on any atom is 0.213 e. The number of aromatic amines is 1. The van der Waals surface area contributed by atoms with Crippen LogP contribution >= 0.6 is 11.3 Å². The minimum atomic E-state index is 0.593. The molecule has 0 saturated carbocycles. The van der Waals surface area contributed by atoms with Gasteiger partial charge < -0.3 is 5.32 Å². The first-order valence-corrected chi connectivity index (χ1v) is 9.17. The summed E-state index contributed by atoms with van der Waals surface area (Å²) < 4.78 is 2.92. The van der Waals surface area contributed by atoms with E-state index in [0.29, 0.717) is 18.1 Å². The molecule has 2 aromatic carbocycles. The van der Waals surface area contributed by atoms with Gasteiger partial charge in [-0.05, 0) is 41.0 Å². The van der Waals surface area contributed by atoms with Crippen LogP contribution in [0.3, 0.4) is 0 Å². The summed E-state index contributed by atoms with van der Waals surface area (Å²) in [6.07, 6.45) is 6.23. The number of nitrogens with one attached hydrogen (secondary N) is 2. The molecule has 0 saturated heterocycles. The van der Waals surface area contributed by atoms with E-state index in [9.17, 15) is 4.79 Å². The molecule has 0 bridgehead atoms. The molecule has 3 aromatic heterocycles. The Bertz CT molecular complexity index is 1250. The molecule has 0 atom stereocenters. The number of aromatic nitrogens is 5. The highest BCUT2D eigenvalue weighted by Gasteiger charge is 2.14. The Morgan fingerprint density at radius 1 is 1.26 bits per heavy atom. The molecule has 7 nitrogen and oxygen atoms in total. The van der Waals surface area contributed by atoms with E-state index in [4.69, 9.17) is 0 Å². The van der Waals surface area contributed by atoms with Crippen molar-refractivity contribution in [2.45, 2.75) is 6.54 Å². The van der Waals surface area contributed by atoms with Gasteiger partial charge in [-0.25, -0.2) is 4.98 Å². The number of hydrogen-bond acceptors (Lipinski definition) is 5. The highest BCUT2D eigenvalue weighted by atomic mass is 32.1. The molecule has 5 aromatic rings. The third-order valence-electron chi connectivity index (χ3n) is 4.46. The second-order valence-corrected chi connectivity index (χ2v) is 7.13. The van der Waals surface area contributed by atoms with Crippen molar-refractivity contribution >= 4 is 44.0 Å². The van der Waals surface area contributed by atoms with Crippen LogP contribution < -0.4 is 5.32 Å². The lowest BCUT2D eigenvalue weighted by Crippen LogP contribution is -2.02. The van der Waals surface area contributed by atoms with Crippen molar-refractivity contribution in [3.63, 3.8) is 0 Å². The van der Waals surface area contributed by atoms with Crippen molar-refractivity contribution in [2.75, 3.05) is 5.32 Å². The summed E-state index contributed by atoms with van der Waals surface area (Å²) in [7, 11) is 0. The van der Waals surface area contributed by atoms with E-state index in [1.807, 2.05) is 35.3 Å². The van der Waals surface area contributed by atoms with Crippen molar-refractivity contribution < 1.29 is 4.79 Å². The van der Waals surface area contributed by atoms with Crippen molar-refractivity contribution in [3.8, 4) is 11.1 Å². The maximum atomic E-state index is 10.7. The van der Waals surface area contributed by atoms with Gasteiger partial charge in [0.25, 0.3) is 0 Å². The number of H-pyrrole nitrogens is 1. The largest absolute Gasteiger partial charge is 0.305 e. The van der Waals surface area contributed by atoms with Crippen LogP contribution in [-0.4, -0.2) is 31.4 Å². The van der Waals surface area contributed by atoms with Crippen molar-refractivity contribution in [2.24, 2.45) is 0 Å². The first kappa shape index (κ1) is 15.7. The smallest absolute Gasteiger partial charge is 0.213 e. The van der Waals surface area contributed by atoms with Gasteiger partial charge in [-0.2, -0.15) is 10.2 Å². The Labute approximate surface area is 157 Å². The molecule has 0 radical (unpaired) electrons. The van der Waals surface area contributed by atoms with Gasteiger partial charge in [0.1, 0.15) is 0 Å². The molecule has 132 valence electrons. The van der Waals surface area contributed by atoms with E-state index in [1.54, 1.807) is 6.20 Å². The molecule has 8 heteroatoms. The summed E-state index contributed by atoms with van der Waals surface area (Å²) in [5.41, 5.74) is 5.21. The van der Waals surface area contributed by atoms with Gasteiger partial charge in [0.2, 0.25) is 6.41 Å². The van der Waals surface area contributed by atoms with E-state index in [2.05, 4.69) is 43.8 Å². The van der Waals surface area contributed by atoms with Crippen LogP contribution in [0.25, 0.3) is 32.2 Å². The van der Waals surface area contributed by atoms with E-state index in [0.717, 1.165) is 37.8 Å². The molecular weight excluding hydrogens is 360 g/mol. The third kappa shape index (κ3) is 2.76. The van der Waals surface area contributed by atoms with E-state index in [-0.39, 0.29) is 0 Å². The topological polar surface area (TPSA) is 88.5 Å². The predicted octanol–water partition coefficient (Wildman–Crippen LogP) is 3.65. The fourth-order valence-electron chi connectivity index (χ4n) is 3.30. The molecule has 0 unspecified atom stereocenters. The molecule has 3 heterocycles. The Morgan fingerprint density at radius 2 is 2.22 bits per heavy atom.